The number of hydrogen-bond donors (Lipinski definition) is 1. The van der Waals surface area contributed by atoms with Gasteiger partial charge in [0.15, 0.2) is 0 Å². The number of amides is 2. The van der Waals surface area contributed by atoms with Crippen LogP contribution >= 0.6 is 11.8 Å². The van der Waals surface area contributed by atoms with Crippen LogP contribution in [-0.4, -0.2) is 42.3 Å². The number of cyclic esters (lactones) is 1. The average Bonchev–Trinajstić information content (AvgIpc) is 3.27. The molecule has 1 aliphatic carbocycles. The molecule has 1 unspecified atom stereocenters. The van der Waals surface area contributed by atoms with Gasteiger partial charge in [0.05, 0.1) is 18.0 Å². The first kappa shape index (κ1) is 21.1. The number of carbonyl (C=O) groups is 2. The van der Waals surface area contributed by atoms with E-state index in [2.05, 4.69) is 25.4 Å². The smallest absolute Gasteiger partial charge is 0.414 e. The van der Waals surface area contributed by atoms with Crippen LogP contribution in [0.1, 0.15) is 26.7 Å². The van der Waals surface area contributed by atoms with Crippen molar-refractivity contribution < 1.29 is 14.3 Å². The second-order valence-corrected chi connectivity index (χ2v) is 7.84. The second-order valence-electron chi connectivity index (χ2n) is 6.99. The lowest BCUT2D eigenvalue weighted by atomic mass is 9.98. The maximum Gasteiger partial charge on any atom is 0.414 e. The molecule has 1 atom stereocenters. The van der Waals surface area contributed by atoms with Crippen LogP contribution in [-0.2, 0) is 9.53 Å². The lowest BCUT2D eigenvalue weighted by Crippen LogP contribution is -2.34. The molecular formula is C21H28N2O3S. The van der Waals surface area contributed by atoms with E-state index in [0.717, 1.165) is 5.70 Å². The van der Waals surface area contributed by atoms with Gasteiger partial charge in [-0.2, -0.15) is 0 Å². The maximum atomic E-state index is 12.2. The van der Waals surface area contributed by atoms with Gasteiger partial charge in [0.25, 0.3) is 5.91 Å². The Bertz CT molecular complexity index is 717. The molecule has 0 aromatic heterocycles. The summed E-state index contributed by atoms with van der Waals surface area (Å²) in [6.45, 7) is 12.3. The van der Waals surface area contributed by atoms with Gasteiger partial charge in [0.2, 0.25) is 0 Å². The van der Waals surface area contributed by atoms with Crippen molar-refractivity contribution in [3.8, 4) is 0 Å². The van der Waals surface area contributed by atoms with E-state index in [-0.39, 0.29) is 30.1 Å². The minimum Gasteiger partial charge on any atom is -0.442 e. The van der Waals surface area contributed by atoms with Crippen molar-refractivity contribution >= 4 is 23.8 Å². The van der Waals surface area contributed by atoms with Gasteiger partial charge in [0, 0.05) is 5.70 Å². The predicted octanol–water partition coefficient (Wildman–Crippen LogP) is 4.17. The third kappa shape index (κ3) is 5.39. The number of rotatable bonds is 9. The second kappa shape index (κ2) is 9.13. The lowest BCUT2D eigenvalue weighted by Gasteiger charge is -2.14. The van der Waals surface area contributed by atoms with Crippen molar-refractivity contribution in [3.63, 3.8) is 0 Å². The number of carbonyl (C=O) groups excluding carboxylic acids is 2. The summed E-state index contributed by atoms with van der Waals surface area (Å²) in [6, 6.07) is 0. The SMILES string of the molecule is C=C/C=C(\SC)C(=O)NCC1CN(/C(C)=C/C=C(\C=C)C2(C)CC2)C(=O)O1. The van der Waals surface area contributed by atoms with Crippen molar-refractivity contribution in [2.24, 2.45) is 5.41 Å². The molecule has 1 N–H and O–H groups in total. The van der Waals surface area contributed by atoms with Crippen LogP contribution in [0.25, 0.3) is 0 Å². The molecule has 2 amide bonds. The van der Waals surface area contributed by atoms with Crippen molar-refractivity contribution in [1.82, 2.24) is 10.2 Å². The highest BCUT2D eigenvalue weighted by molar-refractivity contribution is 8.03. The summed E-state index contributed by atoms with van der Waals surface area (Å²) in [6.07, 6.45) is 12.5. The van der Waals surface area contributed by atoms with E-state index >= 15 is 0 Å². The van der Waals surface area contributed by atoms with Crippen molar-refractivity contribution in [2.75, 3.05) is 19.3 Å². The first-order valence-corrected chi connectivity index (χ1v) is 10.2. The Balaban J connectivity index is 1.94. The minimum absolute atomic E-state index is 0.194. The molecule has 5 nitrogen and oxygen atoms in total. The molecule has 0 spiro atoms. The van der Waals surface area contributed by atoms with E-state index in [1.165, 1.54) is 30.2 Å². The van der Waals surface area contributed by atoms with Gasteiger partial charge in [-0.05, 0) is 49.2 Å². The summed E-state index contributed by atoms with van der Waals surface area (Å²) in [5.74, 6) is -0.194. The molecule has 27 heavy (non-hydrogen) atoms. The Kier molecular flexibility index (Phi) is 7.13. The summed E-state index contributed by atoms with van der Waals surface area (Å²) >= 11 is 1.35. The first-order valence-electron chi connectivity index (χ1n) is 8.99. The molecule has 0 bridgehead atoms. The van der Waals surface area contributed by atoms with E-state index in [9.17, 15) is 9.59 Å². The number of hydrogen-bond acceptors (Lipinski definition) is 4. The normalized spacial score (nSPS) is 22.3. The molecule has 1 heterocycles. The van der Waals surface area contributed by atoms with Crippen LogP contribution in [0.3, 0.4) is 0 Å². The minimum atomic E-state index is -0.388. The predicted molar refractivity (Wildman–Crippen MR) is 111 cm³/mol. The fraction of sp³-hybridized carbons (Fsp3) is 0.429. The highest BCUT2D eigenvalue weighted by atomic mass is 32.2. The fourth-order valence-electron chi connectivity index (χ4n) is 2.85. The topological polar surface area (TPSA) is 58.6 Å². The molecule has 1 saturated heterocycles. The van der Waals surface area contributed by atoms with E-state index in [4.69, 9.17) is 4.74 Å². The van der Waals surface area contributed by atoms with E-state index < -0.39 is 0 Å². The highest BCUT2D eigenvalue weighted by Gasteiger charge is 2.39. The van der Waals surface area contributed by atoms with Crippen molar-refractivity contribution in [3.05, 3.63) is 59.7 Å². The van der Waals surface area contributed by atoms with E-state index in [0.29, 0.717) is 11.4 Å². The maximum absolute atomic E-state index is 12.2. The molecule has 0 aromatic rings. The van der Waals surface area contributed by atoms with Crippen LogP contribution in [0.15, 0.2) is 59.7 Å². The summed E-state index contributed by atoms with van der Waals surface area (Å²) in [7, 11) is 0. The van der Waals surface area contributed by atoms with E-state index in [1.54, 1.807) is 17.1 Å². The third-order valence-corrected chi connectivity index (χ3v) is 5.69. The molecule has 2 aliphatic rings. The summed E-state index contributed by atoms with van der Waals surface area (Å²) in [5, 5.41) is 2.80. The largest absolute Gasteiger partial charge is 0.442 e. The molecule has 2 rings (SSSR count). The van der Waals surface area contributed by atoms with Gasteiger partial charge in [-0.25, -0.2) is 4.79 Å². The Morgan fingerprint density at radius 2 is 2.07 bits per heavy atom. The highest BCUT2D eigenvalue weighted by Crippen LogP contribution is 2.51. The quantitative estimate of drug-likeness (QED) is 0.476. The van der Waals surface area contributed by atoms with Gasteiger partial charge in [0.1, 0.15) is 6.10 Å². The standard InChI is InChI=1S/C21H28N2O3S/c1-6-8-18(27-5)19(24)22-13-17-14-23(20(25)26-17)15(3)9-10-16(7-2)21(4)11-12-21/h6-10,17H,1-2,11-14H2,3-5H3,(H,22,24)/b15-9+,16-10+,18-8-. The number of nitrogens with zero attached hydrogens (tertiary/aromatic N) is 1. The number of thioether (sulfide) groups is 1. The zero-order valence-electron chi connectivity index (χ0n) is 16.3. The number of allylic oxidation sites excluding steroid dienone is 7. The Morgan fingerprint density at radius 1 is 1.37 bits per heavy atom. The van der Waals surface area contributed by atoms with Gasteiger partial charge in [-0.3, -0.25) is 9.69 Å². The van der Waals surface area contributed by atoms with Crippen molar-refractivity contribution in [2.45, 2.75) is 32.8 Å². The fourth-order valence-corrected chi connectivity index (χ4v) is 3.33. The zero-order chi connectivity index (χ0) is 20.0. The van der Waals surface area contributed by atoms with Gasteiger partial charge < -0.3 is 10.1 Å². The number of ether oxygens (including phenoxy) is 1. The van der Waals surface area contributed by atoms with Crippen LogP contribution in [0.2, 0.25) is 0 Å². The summed E-state index contributed by atoms with van der Waals surface area (Å²) in [4.78, 5) is 26.4. The molecule has 2 fully saturated rings. The molecular weight excluding hydrogens is 360 g/mol. The molecule has 0 radical (unpaired) electrons. The molecule has 0 aromatic carbocycles. The zero-order valence-corrected chi connectivity index (χ0v) is 17.1. The lowest BCUT2D eigenvalue weighted by molar-refractivity contribution is -0.117. The van der Waals surface area contributed by atoms with Gasteiger partial charge >= 0.3 is 6.09 Å². The Hall–Kier alpha value is -2.21. The molecule has 1 aliphatic heterocycles. The molecule has 1 saturated carbocycles. The summed E-state index contributed by atoms with van der Waals surface area (Å²) < 4.78 is 5.38. The van der Waals surface area contributed by atoms with Crippen molar-refractivity contribution in [1.29, 1.82) is 0 Å². The van der Waals surface area contributed by atoms with Gasteiger partial charge in [-0.15, -0.1) is 11.8 Å². The van der Waals surface area contributed by atoms with Crippen LogP contribution < -0.4 is 5.32 Å². The van der Waals surface area contributed by atoms with E-state index in [1.807, 2.05) is 31.4 Å². The monoisotopic (exact) mass is 388 g/mol. The van der Waals surface area contributed by atoms with Crippen LogP contribution in [0.5, 0.6) is 0 Å². The Morgan fingerprint density at radius 3 is 2.63 bits per heavy atom. The third-order valence-electron chi connectivity index (χ3n) is 4.92. The molecule has 146 valence electrons. The Labute approximate surface area is 165 Å². The first-order chi connectivity index (χ1) is 12.8. The van der Waals surface area contributed by atoms with Crippen LogP contribution in [0.4, 0.5) is 4.79 Å². The number of nitrogens with one attached hydrogen (secondary N) is 1. The molecule has 6 heteroatoms. The van der Waals surface area contributed by atoms with Crippen LogP contribution in [0, 0.1) is 5.41 Å². The average molecular weight is 389 g/mol. The summed E-state index contributed by atoms with van der Waals surface area (Å²) in [5.41, 5.74) is 2.23. The van der Waals surface area contributed by atoms with Gasteiger partial charge in [-0.1, -0.05) is 38.3 Å².